The van der Waals surface area contributed by atoms with Gasteiger partial charge in [0.25, 0.3) is 0 Å². The van der Waals surface area contributed by atoms with E-state index >= 15 is 0 Å². The van der Waals surface area contributed by atoms with E-state index in [0.29, 0.717) is 24.1 Å². The summed E-state index contributed by atoms with van der Waals surface area (Å²) in [5.41, 5.74) is 0.751. The number of carbonyl (C=O) groups is 3. The van der Waals surface area contributed by atoms with E-state index in [0.717, 1.165) is 15.3 Å². The molecule has 1 aromatic carbocycles. The van der Waals surface area contributed by atoms with Crippen molar-refractivity contribution in [1.29, 1.82) is 0 Å². The van der Waals surface area contributed by atoms with Crippen molar-refractivity contribution in [2.75, 3.05) is 7.05 Å². The van der Waals surface area contributed by atoms with Crippen LogP contribution < -0.4 is 0 Å². The van der Waals surface area contributed by atoms with Gasteiger partial charge in [0.1, 0.15) is 5.41 Å². The standard InChI is InChI=1S/C18H20N4O3/c1-4-18(5-2)15(23)21(3)17(25)22(16(18)24)11-12-10-19-13-8-6-7-9-14(13)20-12/h6-10H,4-5,11H2,1-3H3. The van der Waals surface area contributed by atoms with Crippen molar-refractivity contribution in [3.63, 3.8) is 0 Å². The van der Waals surface area contributed by atoms with E-state index in [2.05, 4.69) is 9.97 Å². The lowest BCUT2D eigenvalue weighted by Gasteiger charge is -2.42. The normalized spacial score (nSPS) is 17.5. The molecule has 1 fully saturated rings. The first-order valence-corrected chi connectivity index (χ1v) is 8.29. The van der Waals surface area contributed by atoms with Gasteiger partial charge in [0.2, 0.25) is 11.8 Å². The minimum atomic E-state index is -1.19. The number of urea groups is 1. The highest BCUT2D eigenvalue weighted by atomic mass is 16.2. The second kappa shape index (κ2) is 6.23. The molecule has 0 aliphatic carbocycles. The van der Waals surface area contributed by atoms with Crippen molar-refractivity contribution in [3.8, 4) is 0 Å². The highest BCUT2D eigenvalue weighted by Gasteiger charge is 2.54. The highest BCUT2D eigenvalue weighted by molar-refractivity contribution is 6.18. The zero-order chi connectivity index (χ0) is 18.2. The summed E-state index contributed by atoms with van der Waals surface area (Å²) in [5.74, 6) is -0.895. The van der Waals surface area contributed by atoms with Crippen LogP contribution in [0.1, 0.15) is 32.4 Å². The average molecular weight is 340 g/mol. The summed E-state index contributed by atoms with van der Waals surface area (Å²) in [6.45, 7) is 3.57. The molecule has 130 valence electrons. The van der Waals surface area contributed by atoms with Crippen molar-refractivity contribution in [1.82, 2.24) is 19.8 Å². The number of rotatable bonds is 4. The molecule has 2 aromatic rings. The Balaban J connectivity index is 1.97. The molecule has 4 amide bonds. The van der Waals surface area contributed by atoms with E-state index < -0.39 is 23.3 Å². The first-order valence-electron chi connectivity index (χ1n) is 8.29. The lowest BCUT2D eigenvalue weighted by Crippen LogP contribution is -2.63. The Morgan fingerprint density at radius 1 is 1.00 bits per heavy atom. The average Bonchev–Trinajstić information content (AvgIpc) is 2.65. The van der Waals surface area contributed by atoms with Crippen molar-refractivity contribution < 1.29 is 14.4 Å². The van der Waals surface area contributed by atoms with E-state index in [4.69, 9.17) is 0 Å². The van der Waals surface area contributed by atoms with Gasteiger partial charge < -0.3 is 0 Å². The minimum Gasteiger partial charge on any atom is -0.273 e. The van der Waals surface area contributed by atoms with E-state index in [1.54, 1.807) is 20.0 Å². The molecule has 2 heterocycles. The van der Waals surface area contributed by atoms with Crippen LogP contribution >= 0.6 is 0 Å². The lowest BCUT2D eigenvalue weighted by molar-refractivity contribution is -0.159. The summed E-state index contributed by atoms with van der Waals surface area (Å²) in [7, 11) is 1.41. The molecule has 25 heavy (non-hydrogen) atoms. The third-order valence-electron chi connectivity index (χ3n) is 4.91. The number of imide groups is 2. The lowest BCUT2D eigenvalue weighted by atomic mass is 9.78. The molecule has 1 aliphatic heterocycles. The van der Waals surface area contributed by atoms with Crippen molar-refractivity contribution in [3.05, 3.63) is 36.2 Å². The third kappa shape index (κ3) is 2.56. The Morgan fingerprint density at radius 2 is 1.64 bits per heavy atom. The summed E-state index contributed by atoms with van der Waals surface area (Å²) in [5, 5.41) is 0. The molecule has 0 atom stereocenters. The van der Waals surface area contributed by atoms with Crippen molar-refractivity contribution >= 4 is 28.9 Å². The molecule has 7 nitrogen and oxygen atoms in total. The maximum atomic E-state index is 13.0. The molecule has 0 radical (unpaired) electrons. The van der Waals surface area contributed by atoms with Gasteiger partial charge in [-0.25, -0.2) is 9.78 Å². The Labute approximate surface area is 145 Å². The van der Waals surface area contributed by atoms with Crippen molar-refractivity contribution in [2.45, 2.75) is 33.2 Å². The molecule has 0 spiro atoms. The number of benzene rings is 1. The molecular weight excluding hydrogens is 320 g/mol. The van der Waals surface area contributed by atoms with Gasteiger partial charge in [-0.1, -0.05) is 26.0 Å². The van der Waals surface area contributed by atoms with Gasteiger partial charge in [0.05, 0.1) is 29.5 Å². The quantitative estimate of drug-likeness (QED) is 0.798. The summed E-state index contributed by atoms with van der Waals surface area (Å²) in [4.78, 5) is 48.9. The molecule has 1 aliphatic rings. The first-order chi connectivity index (χ1) is 11.9. The molecule has 0 bridgehead atoms. The molecular formula is C18H20N4O3. The van der Waals surface area contributed by atoms with Crippen LogP contribution in [-0.4, -0.2) is 44.7 Å². The predicted octanol–water partition coefficient (Wildman–Crippen LogP) is 2.36. The first kappa shape index (κ1) is 17.0. The van der Waals surface area contributed by atoms with Gasteiger partial charge in [0.15, 0.2) is 0 Å². The fourth-order valence-corrected chi connectivity index (χ4v) is 3.25. The Morgan fingerprint density at radius 3 is 2.28 bits per heavy atom. The maximum absolute atomic E-state index is 13.0. The van der Waals surface area contributed by atoms with Gasteiger partial charge in [-0.3, -0.25) is 24.4 Å². The summed E-state index contributed by atoms with van der Waals surface area (Å²) in [6, 6.07) is 6.76. The number of hydrogen-bond donors (Lipinski definition) is 0. The zero-order valence-corrected chi connectivity index (χ0v) is 14.5. The van der Waals surface area contributed by atoms with Gasteiger partial charge in [-0.2, -0.15) is 0 Å². The van der Waals surface area contributed by atoms with Crippen molar-refractivity contribution in [2.24, 2.45) is 5.41 Å². The predicted molar refractivity (Wildman–Crippen MR) is 91.3 cm³/mol. The molecule has 1 saturated heterocycles. The number of para-hydroxylation sites is 2. The minimum absolute atomic E-state index is 0.00509. The number of fused-ring (bicyclic) bond motifs is 1. The number of barbiturate groups is 1. The van der Waals surface area contributed by atoms with E-state index in [1.165, 1.54) is 7.05 Å². The largest absolute Gasteiger partial charge is 0.333 e. The molecule has 0 N–H and O–H groups in total. The van der Waals surface area contributed by atoms with Gasteiger partial charge in [-0.05, 0) is 25.0 Å². The fraction of sp³-hybridized carbons (Fsp3) is 0.389. The molecule has 0 saturated carbocycles. The van der Waals surface area contributed by atoms with Crippen LogP contribution in [-0.2, 0) is 16.1 Å². The summed E-state index contributed by atoms with van der Waals surface area (Å²) < 4.78 is 0. The smallest absolute Gasteiger partial charge is 0.273 e. The number of nitrogens with zero attached hydrogens (tertiary/aromatic N) is 4. The van der Waals surface area contributed by atoms with Crippen LogP contribution in [0.15, 0.2) is 30.5 Å². The zero-order valence-electron chi connectivity index (χ0n) is 14.5. The Kier molecular flexibility index (Phi) is 4.24. The number of amides is 4. The van der Waals surface area contributed by atoms with E-state index in [1.807, 2.05) is 24.3 Å². The summed E-state index contributed by atoms with van der Waals surface area (Å²) in [6.07, 6.45) is 2.25. The molecule has 3 rings (SSSR count). The van der Waals surface area contributed by atoms with Gasteiger partial charge >= 0.3 is 6.03 Å². The topological polar surface area (TPSA) is 83.5 Å². The Bertz CT molecular complexity index is 860. The molecule has 1 aromatic heterocycles. The number of hydrogen-bond acceptors (Lipinski definition) is 5. The maximum Gasteiger partial charge on any atom is 0.333 e. The third-order valence-corrected chi connectivity index (χ3v) is 4.91. The van der Waals surface area contributed by atoms with Crippen LogP contribution in [0.5, 0.6) is 0 Å². The number of aromatic nitrogens is 2. The second-order valence-corrected chi connectivity index (χ2v) is 6.18. The van der Waals surface area contributed by atoms with E-state index in [-0.39, 0.29) is 6.54 Å². The van der Waals surface area contributed by atoms with Gasteiger partial charge in [0, 0.05) is 7.05 Å². The molecule has 7 heteroatoms. The van der Waals surface area contributed by atoms with E-state index in [9.17, 15) is 14.4 Å². The highest BCUT2D eigenvalue weighted by Crippen LogP contribution is 2.36. The van der Waals surface area contributed by atoms with Crippen LogP contribution in [0.2, 0.25) is 0 Å². The van der Waals surface area contributed by atoms with Crippen LogP contribution in [0.3, 0.4) is 0 Å². The van der Waals surface area contributed by atoms with Crippen LogP contribution in [0.25, 0.3) is 11.0 Å². The molecule has 0 unspecified atom stereocenters. The van der Waals surface area contributed by atoms with Crippen LogP contribution in [0.4, 0.5) is 4.79 Å². The fourth-order valence-electron chi connectivity index (χ4n) is 3.25. The van der Waals surface area contributed by atoms with Crippen LogP contribution in [0, 0.1) is 5.41 Å². The Hall–Kier alpha value is -2.83. The number of carbonyl (C=O) groups excluding carboxylic acids is 3. The second-order valence-electron chi connectivity index (χ2n) is 6.18. The summed E-state index contributed by atoms with van der Waals surface area (Å²) >= 11 is 0. The SMILES string of the molecule is CCC1(CC)C(=O)N(C)C(=O)N(Cc2cnc3ccccc3n2)C1=O. The monoisotopic (exact) mass is 340 g/mol. The van der Waals surface area contributed by atoms with Gasteiger partial charge in [-0.15, -0.1) is 0 Å².